The second-order valence-corrected chi connectivity index (χ2v) is 17.5. The maximum absolute atomic E-state index is 3.43. The maximum atomic E-state index is 3.43. The molecule has 0 saturated heterocycles. The summed E-state index contributed by atoms with van der Waals surface area (Å²) in [6.07, 6.45) is 11.9. The van der Waals surface area contributed by atoms with Crippen molar-refractivity contribution < 1.29 is 49.0 Å². The second kappa shape index (κ2) is 18.9. The van der Waals surface area contributed by atoms with Crippen LogP contribution >= 0.6 is 0 Å². The summed E-state index contributed by atoms with van der Waals surface area (Å²) in [7, 11) is 0. The Morgan fingerprint density at radius 2 is 1.08 bits per heavy atom. The average Bonchev–Trinajstić information content (AvgIpc) is 3.69. The standard InChI is InChI=1S/C21H25.C13H10.C13H21.2ClH.Zr/c1-20(2,3)16-9-7-14-11-15-8-10-17(21(4,5)6)13-19(15)18(14)12-16;1-3-7-12(8-4-1)11-13-9-5-2-6-10-13;1-5-6-7-11-8-9-12(10-11)13(2,3)4;;;/h7-13H,1-6H3;1-10H;9-11H,5-7H2,1-4H3;2*1H;/q-1;;-1;;;+2/p-2. The molecule has 50 heavy (non-hydrogen) atoms. The molecule has 0 radical (unpaired) electrons. The molecule has 1 aliphatic rings. The molecule has 0 aromatic heterocycles. The van der Waals surface area contributed by atoms with E-state index in [4.69, 9.17) is 0 Å². The molecule has 0 spiro atoms. The molecule has 264 valence electrons. The summed E-state index contributed by atoms with van der Waals surface area (Å²) >= 11 is 1.46. The van der Waals surface area contributed by atoms with Crippen molar-refractivity contribution in [1.29, 1.82) is 0 Å². The SMILES string of the molecule is CC(C)(C)c1ccc2[cH-]c3ccc(C(C)(C)C)cc3c2c1.CCCCC1[C-]=CC(C(C)(C)C)=C1.[Cl-].[Cl-].[Zr+2]=[C](c1ccccc1)c1ccccc1. The number of allylic oxidation sites excluding steroid dienone is 4. The summed E-state index contributed by atoms with van der Waals surface area (Å²) in [4.78, 5) is 0. The molecule has 0 heterocycles. The Balaban J connectivity index is 0.000000265. The molecule has 1 atom stereocenters. The van der Waals surface area contributed by atoms with Crippen LogP contribution in [0.5, 0.6) is 0 Å². The average molecular weight is 783 g/mol. The van der Waals surface area contributed by atoms with Gasteiger partial charge in [-0.15, -0.1) is 39.7 Å². The van der Waals surface area contributed by atoms with Gasteiger partial charge in [0, 0.05) is 0 Å². The van der Waals surface area contributed by atoms with E-state index < -0.39 is 0 Å². The topological polar surface area (TPSA) is 0 Å². The van der Waals surface area contributed by atoms with E-state index in [9.17, 15) is 0 Å². The van der Waals surface area contributed by atoms with Gasteiger partial charge in [-0.3, -0.25) is 6.08 Å². The van der Waals surface area contributed by atoms with Gasteiger partial charge >= 0.3 is 99.2 Å². The zero-order valence-electron chi connectivity index (χ0n) is 31.9. The minimum atomic E-state index is 0. The first-order valence-corrected chi connectivity index (χ1v) is 19.0. The molecular weight excluding hydrogens is 727 g/mol. The molecule has 3 heteroatoms. The summed E-state index contributed by atoms with van der Waals surface area (Å²) < 4.78 is 1.42. The number of unbranched alkanes of at least 4 members (excludes halogenated alkanes) is 1. The van der Waals surface area contributed by atoms with Crippen molar-refractivity contribution in [2.24, 2.45) is 11.3 Å². The Hall–Kier alpha value is -2.44. The van der Waals surface area contributed by atoms with Gasteiger partial charge < -0.3 is 24.8 Å². The van der Waals surface area contributed by atoms with E-state index in [0.717, 1.165) is 0 Å². The van der Waals surface area contributed by atoms with Crippen molar-refractivity contribution in [3.8, 4) is 0 Å². The molecule has 1 unspecified atom stereocenters. The van der Waals surface area contributed by atoms with Gasteiger partial charge in [0.1, 0.15) is 0 Å². The summed E-state index contributed by atoms with van der Waals surface area (Å²) in [5.41, 5.74) is 7.61. The first-order valence-electron chi connectivity index (χ1n) is 17.7. The van der Waals surface area contributed by atoms with E-state index in [2.05, 4.69) is 191 Å². The normalized spacial score (nSPS) is 14.1. The Morgan fingerprint density at radius 1 is 0.640 bits per heavy atom. The number of halogens is 2. The molecule has 5 aromatic carbocycles. The monoisotopic (exact) mass is 780 g/mol. The van der Waals surface area contributed by atoms with Gasteiger partial charge in [0.2, 0.25) is 0 Å². The Kier molecular flexibility index (Phi) is 16.5. The van der Waals surface area contributed by atoms with Crippen LogP contribution in [-0.2, 0) is 35.1 Å². The summed E-state index contributed by atoms with van der Waals surface area (Å²) in [6.45, 7) is 22.7. The molecule has 0 N–H and O–H groups in total. The van der Waals surface area contributed by atoms with Crippen LogP contribution in [0.15, 0.2) is 121 Å². The molecule has 0 amide bonds. The van der Waals surface area contributed by atoms with E-state index in [1.165, 1.54) is 96.1 Å². The molecule has 0 fully saturated rings. The minimum absolute atomic E-state index is 0. The Bertz CT molecular complexity index is 1740. The fraction of sp³-hybridized carbons (Fsp3) is 0.362. The zero-order chi connectivity index (χ0) is 35.1. The number of rotatable bonds is 5. The number of benzene rings is 4. The first kappa shape index (κ1) is 43.7. The molecule has 6 rings (SSSR count). The van der Waals surface area contributed by atoms with Crippen LogP contribution in [0.25, 0.3) is 21.5 Å². The summed E-state index contributed by atoms with van der Waals surface area (Å²) in [5, 5.41) is 5.49. The van der Waals surface area contributed by atoms with Crippen molar-refractivity contribution >= 4 is 24.8 Å². The summed E-state index contributed by atoms with van der Waals surface area (Å²) in [6, 6.07) is 37.3. The molecule has 1 aliphatic carbocycles. The van der Waals surface area contributed by atoms with Gasteiger partial charge in [-0.05, 0) is 10.8 Å². The fourth-order valence-corrected chi connectivity index (χ4v) is 6.69. The van der Waals surface area contributed by atoms with Crippen molar-refractivity contribution in [2.75, 3.05) is 0 Å². The van der Waals surface area contributed by atoms with Crippen LogP contribution in [0.4, 0.5) is 0 Å². The van der Waals surface area contributed by atoms with Crippen LogP contribution in [0, 0.1) is 17.4 Å². The van der Waals surface area contributed by atoms with E-state index in [1.54, 1.807) is 0 Å². The van der Waals surface area contributed by atoms with E-state index in [0.29, 0.717) is 11.3 Å². The van der Waals surface area contributed by atoms with E-state index in [1.807, 2.05) is 0 Å². The zero-order valence-corrected chi connectivity index (χ0v) is 35.9. The number of hydrogen-bond acceptors (Lipinski definition) is 0. The molecular formula is C47H56Cl2Zr-2. The van der Waals surface area contributed by atoms with Crippen LogP contribution in [0.1, 0.15) is 111 Å². The van der Waals surface area contributed by atoms with Gasteiger partial charge in [0.15, 0.2) is 0 Å². The van der Waals surface area contributed by atoms with Crippen LogP contribution in [0.2, 0.25) is 0 Å². The third-order valence-corrected chi connectivity index (χ3v) is 10.6. The van der Waals surface area contributed by atoms with Gasteiger partial charge in [-0.25, -0.2) is 6.08 Å². The molecule has 0 aliphatic heterocycles. The van der Waals surface area contributed by atoms with E-state index in [-0.39, 0.29) is 35.6 Å². The first-order chi connectivity index (χ1) is 22.6. The van der Waals surface area contributed by atoms with Gasteiger partial charge in [-0.1, -0.05) is 135 Å². The Morgan fingerprint density at radius 3 is 1.44 bits per heavy atom. The van der Waals surface area contributed by atoms with Gasteiger partial charge in [0.05, 0.1) is 0 Å². The quantitative estimate of drug-likeness (QED) is 0.165. The summed E-state index contributed by atoms with van der Waals surface area (Å²) in [5.74, 6) is 0.592. The molecule has 0 saturated carbocycles. The van der Waals surface area contributed by atoms with Gasteiger partial charge in [0.25, 0.3) is 0 Å². The fourth-order valence-electron chi connectivity index (χ4n) is 5.87. The second-order valence-electron chi connectivity index (χ2n) is 16.3. The molecule has 0 nitrogen and oxygen atoms in total. The van der Waals surface area contributed by atoms with Crippen molar-refractivity contribution in [3.05, 3.63) is 149 Å². The van der Waals surface area contributed by atoms with Crippen molar-refractivity contribution in [2.45, 2.75) is 99.3 Å². The van der Waals surface area contributed by atoms with Crippen molar-refractivity contribution in [1.82, 2.24) is 0 Å². The third-order valence-electron chi connectivity index (χ3n) is 9.13. The predicted octanol–water partition coefficient (Wildman–Crippen LogP) is 7.26. The number of fused-ring (bicyclic) bond motifs is 3. The van der Waals surface area contributed by atoms with Crippen LogP contribution < -0.4 is 24.8 Å². The Labute approximate surface area is 331 Å². The van der Waals surface area contributed by atoms with Crippen LogP contribution in [0.3, 0.4) is 0 Å². The predicted molar refractivity (Wildman–Crippen MR) is 209 cm³/mol. The van der Waals surface area contributed by atoms with Crippen molar-refractivity contribution in [3.63, 3.8) is 0 Å². The molecule has 0 bridgehead atoms. The third kappa shape index (κ3) is 12.1. The van der Waals surface area contributed by atoms with E-state index >= 15 is 0 Å². The number of hydrogen-bond donors (Lipinski definition) is 0. The van der Waals surface area contributed by atoms with Crippen LogP contribution in [-0.4, -0.2) is 3.21 Å². The molecule has 5 aromatic rings. The van der Waals surface area contributed by atoms with Gasteiger partial charge in [-0.2, -0.15) is 11.6 Å².